The van der Waals surface area contributed by atoms with E-state index < -0.39 is 0 Å². The van der Waals surface area contributed by atoms with Gasteiger partial charge in [0.05, 0.1) is 23.8 Å². The predicted octanol–water partition coefficient (Wildman–Crippen LogP) is 1.78. The summed E-state index contributed by atoms with van der Waals surface area (Å²) < 4.78 is 5.62. The van der Waals surface area contributed by atoms with E-state index in [0.717, 1.165) is 26.1 Å². The zero-order valence-electron chi connectivity index (χ0n) is 13.1. The summed E-state index contributed by atoms with van der Waals surface area (Å²) in [5.74, 6) is -0.326. The van der Waals surface area contributed by atoms with Crippen molar-refractivity contribution in [2.24, 2.45) is 0 Å². The van der Waals surface area contributed by atoms with Crippen LogP contribution in [-0.4, -0.2) is 60.0 Å². The fraction of sp³-hybridized carbons (Fsp3) is 0.529. The first-order chi connectivity index (χ1) is 10.6. The molecule has 3 rings (SSSR count). The topological polar surface area (TPSA) is 49.9 Å². The Balaban J connectivity index is 1.57. The zero-order chi connectivity index (χ0) is 15.7. The lowest BCUT2D eigenvalue weighted by Crippen LogP contribution is -2.48. The number of imide groups is 1. The maximum atomic E-state index is 12.3. The van der Waals surface area contributed by atoms with E-state index in [1.807, 2.05) is 0 Å². The molecule has 2 atom stereocenters. The average molecular weight is 302 g/mol. The molecule has 0 saturated carbocycles. The van der Waals surface area contributed by atoms with Crippen molar-refractivity contribution in [3.05, 3.63) is 35.4 Å². The molecular weight excluding hydrogens is 280 g/mol. The molecular formula is C17H22N2O3. The monoisotopic (exact) mass is 302 g/mol. The first kappa shape index (κ1) is 15.2. The third-order valence-corrected chi connectivity index (χ3v) is 4.44. The van der Waals surface area contributed by atoms with Crippen LogP contribution in [0.1, 0.15) is 41.0 Å². The van der Waals surface area contributed by atoms with Gasteiger partial charge in [-0.25, -0.2) is 0 Å². The SMILES string of the molecule is C[C@@H]1CN(CCCN2C(=O)c3ccccc3C2=O)[C@H](C)CO1. The molecule has 2 aliphatic heterocycles. The molecule has 0 radical (unpaired) electrons. The fourth-order valence-corrected chi connectivity index (χ4v) is 3.16. The highest BCUT2D eigenvalue weighted by Gasteiger charge is 2.34. The lowest BCUT2D eigenvalue weighted by atomic mass is 10.1. The van der Waals surface area contributed by atoms with Crippen molar-refractivity contribution in [2.75, 3.05) is 26.2 Å². The first-order valence-corrected chi connectivity index (χ1v) is 7.89. The van der Waals surface area contributed by atoms with Crippen LogP contribution in [-0.2, 0) is 4.74 Å². The molecule has 0 spiro atoms. The largest absolute Gasteiger partial charge is 0.376 e. The molecule has 1 aromatic carbocycles. The quantitative estimate of drug-likeness (QED) is 0.796. The number of hydrogen-bond donors (Lipinski definition) is 0. The Morgan fingerprint density at radius 2 is 1.73 bits per heavy atom. The van der Waals surface area contributed by atoms with Crippen LogP contribution in [0.3, 0.4) is 0 Å². The van der Waals surface area contributed by atoms with Gasteiger partial charge in [0.1, 0.15) is 0 Å². The number of hydrogen-bond acceptors (Lipinski definition) is 4. The molecule has 2 aliphatic rings. The van der Waals surface area contributed by atoms with E-state index in [9.17, 15) is 9.59 Å². The summed E-state index contributed by atoms with van der Waals surface area (Å²) in [5.41, 5.74) is 1.06. The van der Waals surface area contributed by atoms with Crippen molar-refractivity contribution in [3.63, 3.8) is 0 Å². The van der Waals surface area contributed by atoms with Gasteiger partial charge in [-0.3, -0.25) is 19.4 Å². The minimum Gasteiger partial charge on any atom is -0.376 e. The molecule has 1 fully saturated rings. The van der Waals surface area contributed by atoms with Crippen LogP contribution in [0.4, 0.5) is 0 Å². The lowest BCUT2D eigenvalue weighted by Gasteiger charge is -2.36. The van der Waals surface area contributed by atoms with E-state index in [4.69, 9.17) is 4.74 Å². The fourth-order valence-electron chi connectivity index (χ4n) is 3.16. The Bertz CT molecular complexity index is 552. The van der Waals surface area contributed by atoms with Crippen LogP contribution >= 0.6 is 0 Å². The number of carbonyl (C=O) groups is 2. The zero-order valence-corrected chi connectivity index (χ0v) is 13.1. The number of morpholine rings is 1. The Kier molecular flexibility index (Phi) is 4.27. The Morgan fingerprint density at radius 3 is 2.36 bits per heavy atom. The summed E-state index contributed by atoms with van der Waals surface area (Å²) in [7, 11) is 0. The molecule has 0 unspecified atom stereocenters. The number of ether oxygens (including phenoxy) is 1. The third-order valence-electron chi connectivity index (χ3n) is 4.44. The van der Waals surface area contributed by atoms with Crippen molar-refractivity contribution in [1.29, 1.82) is 0 Å². The summed E-state index contributed by atoms with van der Waals surface area (Å²) in [6, 6.07) is 7.43. The number of rotatable bonds is 4. The second-order valence-corrected chi connectivity index (χ2v) is 6.15. The number of fused-ring (bicyclic) bond motifs is 1. The van der Waals surface area contributed by atoms with Gasteiger partial charge in [0, 0.05) is 25.7 Å². The van der Waals surface area contributed by atoms with Crippen molar-refractivity contribution in [3.8, 4) is 0 Å². The Hall–Kier alpha value is -1.72. The second-order valence-electron chi connectivity index (χ2n) is 6.15. The van der Waals surface area contributed by atoms with E-state index in [-0.39, 0.29) is 17.9 Å². The first-order valence-electron chi connectivity index (χ1n) is 7.89. The van der Waals surface area contributed by atoms with Crippen LogP contribution < -0.4 is 0 Å². The number of nitrogens with zero attached hydrogens (tertiary/aromatic N) is 2. The van der Waals surface area contributed by atoms with Gasteiger partial charge in [0.2, 0.25) is 0 Å². The molecule has 1 saturated heterocycles. The van der Waals surface area contributed by atoms with Crippen LogP contribution in [0, 0.1) is 0 Å². The average Bonchev–Trinajstić information content (AvgIpc) is 2.76. The molecule has 0 aromatic heterocycles. The van der Waals surface area contributed by atoms with Crippen molar-refractivity contribution in [2.45, 2.75) is 32.4 Å². The van der Waals surface area contributed by atoms with Gasteiger partial charge in [0.25, 0.3) is 11.8 Å². The molecule has 118 valence electrons. The lowest BCUT2D eigenvalue weighted by molar-refractivity contribution is -0.0498. The summed E-state index contributed by atoms with van der Waals surface area (Å²) >= 11 is 0. The standard InChI is InChI=1S/C17H22N2O3/c1-12-11-22-13(2)10-18(12)8-5-9-19-16(20)14-6-3-4-7-15(14)17(19)21/h3-4,6-7,12-13H,5,8-11H2,1-2H3/t12-,13-/m1/s1. The molecule has 0 bridgehead atoms. The predicted molar refractivity (Wildman–Crippen MR) is 82.9 cm³/mol. The van der Waals surface area contributed by atoms with E-state index in [2.05, 4.69) is 18.7 Å². The highest BCUT2D eigenvalue weighted by atomic mass is 16.5. The van der Waals surface area contributed by atoms with Gasteiger partial charge in [0.15, 0.2) is 0 Å². The van der Waals surface area contributed by atoms with Gasteiger partial charge in [-0.05, 0) is 32.4 Å². The number of carbonyl (C=O) groups excluding carboxylic acids is 2. The Morgan fingerprint density at radius 1 is 1.09 bits per heavy atom. The van der Waals surface area contributed by atoms with Gasteiger partial charge in [-0.2, -0.15) is 0 Å². The molecule has 2 heterocycles. The van der Waals surface area contributed by atoms with Crippen molar-refractivity contribution in [1.82, 2.24) is 9.80 Å². The number of amides is 2. The minimum absolute atomic E-state index is 0.163. The highest BCUT2D eigenvalue weighted by Crippen LogP contribution is 2.22. The molecule has 2 amide bonds. The van der Waals surface area contributed by atoms with Crippen LogP contribution in [0.5, 0.6) is 0 Å². The van der Waals surface area contributed by atoms with Crippen LogP contribution in [0.15, 0.2) is 24.3 Å². The highest BCUT2D eigenvalue weighted by molar-refractivity contribution is 6.21. The maximum absolute atomic E-state index is 12.3. The van der Waals surface area contributed by atoms with Gasteiger partial charge in [-0.15, -0.1) is 0 Å². The van der Waals surface area contributed by atoms with Crippen molar-refractivity contribution < 1.29 is 14.3 Å². The molecule has 0 N–H and O–H groups in total. The summed E-state index contributed by atoms with van der Waals surface area (Å²) in [6.45, 7) is 7.22. The van der Waals surface area contributed by atoms with Gasteiger partial charge < -0.3 is 4.74 Å². The third kappa shape index (κ3) is 2.78. The van der Waals surface area contributed by atoms with E-state index in [0.29, 0.717) is 23.7 Å². The molecule has 1 aromatic rings. The Labute approximate surface area is 130 Å². The van der Waals surface area contributed by atoms with E-state index in [1.54, 1.807) is 24.3 Å². The van der Waals surface area contributed by atoms with Crippen LogP contribution in [0.2, 0.25) is 0 Å². The minimum atomic E-state index is -0.163. The molecule has 22 heavy (non-hydrogen) atoms. The molecule has 5 heteroatoms. The van der Waals surface area contributed by atoms with E-state index >= 15 is 0 Å². The summed E-state index contributed by atoms with van der Waals surface area (Å²) in [4.78, 5) is 28.3. The summed E-state index contributed by atoms with van der Waals surface area (Å²) in [5, 5.41) is 0. The molecule has 0 aliphatic carbocycles. The maximum Gasteiger partial charge on any atom is 0.261 e. The van der Waals surface area contributed by atoms with Gasteiger partial charge >= 0.3 is 0 Å². The van der Waals surface area contributed by atoms with E-state index in [1.165, 1.54) is 4.90 Å². The summed E-state index contributed by atoms with van der Waals surface area (Å²) in [6.07, 6.45) is 1.04. The molecule has 5 nitrogen and oxygen atoms in total. The smallest absolute Gasteiger partial charge is 0.261 e. The van der Waals surface area contributed by atoms with Gasteiger partial charge in [-0.1, -0.05) is 12.1 Å². The second kappa shape index (κ2) is 6.18. The van der Waals surface area contributed by atoms with Crippen molar-refractivity contribution >= 4 is 11.8 Å². The number of benzene rings is 1. The van der Waals surface area contributed by atoms with Crippen LogP contribution in [0.25, 0.3) is 0 Å². The normalized spacial score (nSPS) is 25.6.